The Bertz CT molecular complexity index is 669. The second-order valence-corrected chi connectivity index (χ2v) is 7.66. The van der Waals surface area contributed by atoms with E-state index in [1.54, 1.807) is 0 Å². The Morgan fingerprint density at radius 2 is 1.26 bits per heavy atom. The third-order valence-corrected chi connectivity index (χ3v) is 5.19. The van der Waals surface area contributed by atoms with Crippen molar-refractivity contribution in [1.82, 2.24) is 0 Å². The van der Waals surface area contributed by atoms with Gasteiger partial charge in [0.25, 0.3) is 0 Å². The first-order valence-electron chi connectivity index (χ1n) is 10.7. The second kappa shape index (κ2) is 12.9. The Kier molecular flexibility index (Phi) is 10.4. The van der Waals surface area contributed by atoms with Crippen LogP contribution in [-0.4, -0.2) is 13.2 Å². The molecule has 0 aliphatic carbocycles. The maximum atomic E-state index is 6.55. The number of rotatable bonds is 14. The molecule has 0 aliphatic rings. The third-order valence-electron chi connectivity index (χ3n) is 4.91. The molecule has 150 valence electrons. The lowest BCUT2D eigenvalue weighted by molar-refractivity contribution is 0.301. The molecule has 0 heterocycles. The summed E-state index contributed by atoms with van der Waals surface area (Å²) in [5, 5.41) is 2.76. The molecule has 0 N–H and O–H groups in total. The molecule has 2 rings (SSSR count). The van der Waals surface area contributed by atoms with Crippen molar-refractivity contribution in [1.29, 1.82) is 0 Å². The van der Waals surface area contributed by atoms with E-state index < -0.39 is 0 Å². The third kappa shape index (κ3) is 7.25. The van der Waals surface area contributed by atoms with Gasteiger partial charge in [-0.15, -0.1) is 0 Å². The van der Waals surface area contributed by atoms with Crippen molar-refractivity contribution in [3.63, 3.8) is 0 Å². The average molecular weight is 391 g/mol. The highest BCUT2D eigenvalue weighted by molar-refractivity contribution is 6.33. The van der Waals surface area contributed by atoms with Crippen molar-refractivity contribution < 1.29 is 9.47 Å². The Labute approximate surface area is 170 Å². The van der Waals surface area contributed by atoms with Crippen molar-refractivity contribution in [2.24, 2.45) is 0 Å². The molecule has 2 aromatic rings. The van der Waals surface area contributed by atoms with Gasteiger partial charge < -0.3 is 9.47 Å². The number of fused-ring (bicyclic) bond motifs is 1. The topological polar surface area (TPSA) is 18.5 Å². The van der Waals surface area contributed by atoms with E-state index in [2.05, 4.69) is 26.0 Å². The predicted octanol–water partition coefficient (Wildman–Crippen LogP) is 8.19. The van der Waals surface area contributed by atoms with E-state index in [0.29, 0.717) is 11.6 Å². The van der Waals surface area contributed by atoms with Gasteiger partial charge in [0.1, 0.15) is 11.5 Å². The molecule has 0 spiro atoms. The number of hydrogen-bond donors (Lipinski definition) is 0. The number of unbranched alkanes of at least 4 members (excludes halogenated alkanes) is 8. The quantitative estimate of drug-likeness (QED) is 0.302. The predicted molar refractivity (Wildman–Crippen MR) is 117 cm³/mol. The van der Waals surface area contributed by atoms with Crippen LogP contribution < -0.4 is 9.47 Å². The second-order valence-electron chi connectivity index (χ2n) is 7.26. The van der Waals surface area contributed by atoms with Crippen molar-refractivity contribution in [2.45, 2.75) is 78.1 Å². The average Bonchev–Trinajstić information content (AvgIpc) is 2.69. The summed E-state index contributed by atoms with van der Waals surface area (Å²) in [6, 6.07) is 10.1. The van der Waals surface area contributed by atoms with E-state index in [1.165, 1.54) is 51.4 Å². The molecule has 0 radical (unpaired) electrons. The molecule has 0 unspecified atom stereocenters. The van der Waals surface area contributed by atoms with Gasteiger partial charge in [0.05, 0.1) is 18.2 Å². The molecule has 0 saturated carbocycles. The molecular weight excluding hydrogens is 356 g/mol. The number of hydrogen-bond acceptors (Lipinski definition) is 2. The molecule has 0 saturated heterocycles. The molecule has 0 amide bonds. The Morgan fingerprint density at radius 3 is 1.89 bits per heavy atom. The lowest BCUT2D eigenvalue weighted by Crippen LogP contribution is -2.01. The van der Waals surface area contributed by atoms with Crippen LogP contribution in [0.4, 0.5) is 0 Å². The summed E-state index contributed by atoms with van der Waals surface area (Å²) in [6.07, 6.45) is 12.3. The van der Waals surface area contributed by atoms with Crippen LogP contribution in [0.25, 0.3) is 10.8 Å². The zero-order chi connectivity index (χ0) is 19.3. The van der Waals surface area contributed by atoms with Crippen LogP contribution in [0.15, 0.2) is 30.3 Å². The van der Waals surface area contributed by atoms with Crippen LogP contribution in [0, 0.1) is 0 Å². The molecule has 0 fully saturated rings. The van der Waals surface area contributed by atoms with Crippen LogP contribution >= 0.6 is 11.6 Å². The molecule has 3 heteroatoms. The molecule has 27 heavy (non-hydrogen) atoms. The minimum absolute atomic E-state index is 0.642. The highest BCUT2D eigenvalue weighted by Crippen LogP contribution is 2.39. The van der Waals surface area contributed by atoms with E-state index >= 15 is 0 Å². The Morgan fingerprint density at radius 1 is 0.704 bits per heavy atom. The fourth-order valence-corrected chi connectivity index (χ4v) is 3.57. The summed E-state index contributed by atoms with van der Waals surface area (Å²) in [7, 11) is 0. The summed E-state index contributed by atoms with van der Waals surface area (Å²) in [6.45, 7) is 5.92. The van der Waals surface area contributed by atoms with Crippen molar-refractivity contribution in [2.75, 3.05) is 13.2 Å². The van der Waals surface area contributed by atoms with Gasteiger partial charge in [0, 0.05) is 16.8 Å². The van der Waals surface area contributed by atoms with Gasteiger partial charge in [-0.1, -0.05) is 101 Å². The molecular formula is C24H35ClO2. The first-order chi connectivity index (χ1) is 13.3. The summed E-state index contributed by atoms with van der Waals surface area (Å²) in [4.78, 5) is 0. The standard InChI is InChI=1S/C24H35ClO2/c1-3-5-7-9-13-17-26-23-19-22(25)24(21-16-12-11-15-20(21)23)27-18-14-10-8-6-4-2/h11-12,15-16,19H,3-10,13-14,17-18H2,1-2H3. The monoisotopic (exact) mass is 390 g/mol. The summed E-state index contributed by atoms with van der Waals surface area (Å²) in [5.41, 5.74) is 0. The number of halogens is 1. The SMILES string of the molecule is CCCCCCCOc1cc(Cl)c(OCCCCCCC)c2ccccc12. The Hall–Kier alpha value is -1.41. The molecule has 2 nitrogen and oxygen atoms in total. The van der Waals surface area contributed by atoms with Gasteiger partial charge >= 0.3 is 0 Å². The summed E-state index contributed by atoms with van der Waals surface area (Å²) in [5.74, 6) is 1.65. The largest absolute Gasteiger partial charge is 0.493 e. The zero-order valence-electron chi connectivity index (χ0n) is 17.1. The van der Waals surface area contributed by atoms with Gasteiger partial charge in [-0.3, -0.25) is 0 Å². The first kappa shape index (κ1) is 21.9. The van der Waals surface area contributed by atoms with Gasteiger partial charge in [0.15, 0.2) is 0 Å². The van der Waals surface area contributed by atoms with Gasteiger partial charge in [-0.25, -0.2) is 0 Å². The highest BCUT2D eigenvalue weighted by Gasteiger charge is 2.13. The maximum absolute atomic E-state index is 6.55. The maximum Gasteiger partial charge on any atom is 0.145 e. The van der Waals surface area contributed by atoms with E-state index in [1.807, 2.05) is 18.2 Å². The lowest BCUT2D eigenvalue weighted by atomic mass is 10.1. The lowest BCUT2D eigenvalue weighted by Gasteiger charge is -2.15. The Balaban J connectivity index is 1.98. The highest BCUT2D eigenvalue weighted by atomic mass is 35.5. The van der Waals surface area contributed by atoms with E-state index in [0.717, 1.165) is 41.7 Å². The van der Waals surface area contributed by atoms with Crippen molar-refractivity contribution in [3.8, 4) is 11.5 Å². The normalized spacial score (nSPS) is 11.1. The molecule has 0 bridgehead atoms. The molecule has 0 aliphatic heterocycles. The molecule has 0 aromatic heterocycles. The van der Waals surface area contributed by atoms with Gasteiger partial charge in [0.2, 0.25) is 0 Å². The minimum atomic E-state index is 0.642. The first-order valence-corrected chi connectivity index (χ1v) is 11.1. The van der Waals surface area contributed by atoms with E-state index in [-0.39, 0.29) is 0 Å². The van der Waals surface area contributed by atoms with Crippen LogP contribution in [-0.2, 0) is 0 Å². The van der Waals surface area contributed by atoms with Crippen LogP contribution in [0.1, 0.15) is 78.1 Å². The fraction of sp³-hybridized carbons (Fsp3) is 0.583. The number of benzene rings is 2. The fourth-order valence-electron chi connectivity index (χ4n) is 3.32. The van der Waals surface area contributed by atoms with Gasteiger partial charge in [-0.2, -0.15) is 0 Å². The van der Waals surface area contributed by atoms with Crippen LogP contribution in [0.5, 0.6) is 11.5 Å². The van der Waals surface area contributed by atoms with Crippen LogP contribution in [0.2, 0.25) is 5.02 Å². The summed E-state index contributed by atoms with van der Waals surface area (Å²) < 4.78 is 12.1. The van der Waals surface area contributed by atoms with E-state index in [4.69, 9.17) is 21.1 Å². The number of ether oxygens (including phenoxy) is 2. The van der Waals surface area contributed by atoms with Crippen molar-refractivity contribution in [3.05, 3.63) is 35.4 Å². The van der Waals surface area contributed by atoms with Crippen LogP contribution in [0.3, 0.4) is 0 Å². The van der Waals surface area contributed by atoms with Crippen molar-refractivity contribution >= 4 is 22.4 Å². The van der Waals surface area contributed by atoms with Gasteiger partial charge in [-0.05, 0) is 12.8 Å². The minimum Gasteiger partial charge on any atom is -0.493 e. The molecule has 0 atom stereocenters. The molecule has 2 aromatic carbocycles. The summed E-state index contributed by atoms with van der Waals surface area (Å²) >= 11 is 6.55. The van der Waals surface area contributed by atoms with E-state index in [9.17, 15) is 0 Å². The zero-order valence-corrected chi connectivity index (χ0v) is 17.8. The smallest absolute Gasteiger partial charge is 0.145 e.